The number of hydrogen-bond donors (Lipinski definition) is 3. The third-order valence-corrected chi connectivity index (χ3v) is 5.64. The van der Waals surface area contributed by atoms with Crippen LogP contribution in [-0.4, -0.2) is 60.9 Å². The Bertz CT molecular complexity index is 970. The molecule has 6 nitrogen and oxygen atoms in total. The number of aliphatic hydroxyl groups is 1. The molecule has 168 valence electrons. The second-order valence-corrected chi connectivity index (χ2v) is 8.90. The van der Waals surface area contributed by atoms with Gasteiger partial charge in [0.15, 0.2) is 11.6 Å². The number of likely N-dealkylation sites (tertiary alicyclic amines) is 1. The lowest BCUT2D eigenvalue weighted by atomic mass is 9.92. The standard InChI is InChI=1S/C21H23F3IN3O3/c1-12(8-31-2)26-9-21(30)10-28(11-21)20(29)14-4-5-15(22)18(24)19(14)27-17-6-3-13(25)7-16(17)23/h3-7,12,26-27,30H,8-11H2,1-2H3. The van der Waals surface area contributed by atoms with Gasteiger partial charge >= 0.3 is 0 Å². The van der Waals surface area contributed by atoms with Gasteiger partial charge in [0.2, 0.25) is 0 Å². The van der Waals surface area contributed by atoms with Gasteiger partial charge < -0.3 is 25.4 Å². The van der Waals surface area contributed by atoms with Crippen LogP contribution >= 0.6 is 22.6 Å². The number of halogens is 4. The molecule has 3 rings (SSSR count). The first-order chi connectivity index (χ1) is 14.6. The number of benzene rings is 2. The first-order valence-electron chi connectivity index (χ1n) is 9.57. The normalized spacial score (nSPS) is 16.0. The molecule has 31 heavy (non-hydrogen) atoms. The minimum absolute atomic E-state index is 0.0182. The van der Waals surface area contributed by atoms with E-state index in [0.29, 0.717) is 10.2 Å². The summed E-state index contributed by atoms with van der Waals surface area (Å²) in [5.41, 5.74) is -1.83. The van der Waals surface area contributed by atoms with E-state index in [1.54, 1.807) is 13.2 Å². The fourth-order valence-corrected chi connectivity index (χ4v) is 3.79. The number of carbonyl (C=O) groups excluding carboxylic acids is 1. The Morgan fingerprint density at radius 3 is 2.61 bits per heavy atom. The molecule has 0 spiro atoms. The fraction of sp³-hybridized carbons (Fsp3) is 0.381. The van der Waals surface area contributed by atoms with Gasteiger partial charge in [0.1, 0.15) is 11.4 Å². The topological polar surface area (TPSA) is 73.8 Å². The van der Waals surface area contributed by atoms with Crippen molar-refractivity contribution >= 4 is 39.9 Å². The van der Waals surface area contributed by atoms with Crippen LogP contribution in [0, 0.1) is 21.0 Å². The minimum atomic E-state index is -1.28. The Hall–Kier alpha value is -1.89. The van der Waals surface area contributed by atoms with Crippen LogP contribution in [0.15, 0.2) is 30.3 Å². The van der Waals surface area contributed by atoms with Gasteiger partial charge in [-0.15, -0.1) is 0 Å². The van der Waals surface area contributed by atoms with Crippen molar-refractivity contribution in [3.8, 4) is 0 Å². The molecule has 2 aromatic rings. The summed E-state index contributed by atoms with van der Waals surface area (Å²) in [5.74, 6) is -3.71. The highest BCUT2D eigenvalue weighted by Crippen LogP contribution is 2.31. The Balaban J connectivity index is 1.76. The number of carbonyl (C=O) groups is 1. The highest BCUT2D eigenvalue weighted by molar-refractivity contribution is 14.1. The van der Waals surface area contributed by atoms with Crippen molar-refractivity contribution in [3.63, 3.8) is 0 Å². The molecular formula is C21H23F3IN3O3. The first kappa shape index (κ1) is 23.8. The summed E-state index contributed by atoms with van der Waals surface area (Å²) in [6, 6.07) is 6.21. The molecule has 1 heterocycles. The van der Waals surface area contributed by atoms with Crippen molar-refractivity contribution in [2.75, 3.05) is 38.7 Å². The second-order valence-electron chi connectivity index (χ2n) is 7.66. The van der Waals surface area contributed by atoms with Gasteiger partial charge in [-0.05, 0) is 59.8 Å². The summed E-state index contributed by atoms with van der Waals surface area (Å²) < 4.78 is 48.3. The van der Waals surface area contributed by atoms with Crippen molar-refractivity contribution in [2.45, 2.75) is 18.6 Å². The van der Waals surface area contributed by atoms with E-state index in [-0.39, 0.29) is 36.9 Å². The van der Waals surface area contributed by atoms with E-state index in [1.165, 1.54) is 17.0 Å². The van der Waals surface area contributed by atoms with Gasteiger partial charge in [-0.3, -0.25) is 4.79 Å². The number of β-amino-alcohol motifs (C(OH)–C–C–N with tert-alkyl or cyclic N) is 1. The zero-order valence-electron chi connectivity index (χ0n) is 17.0. The highest BCUT2D eigenvalue weighted by Gasteiger charge is 2.44. The zero-order valence-corrected chi connectivity index (χ0v) is 19.2. The number of anilines is 2. The molecule has 0 aliphatic carbocycles. The Morgan fingerprint density at radius 1 is 1.26 bits per heavy atom. The molecule has 2 aromatic carbocycles. The molecule has 1 atom stereocenters. The number of ether oxygens (including phenoxy) is 1. The molecule has 1 aliphatic rings. The van der Waals surface area contributed by atoms with Crippen molar-refractivity contribution in [3.05, 3.63) is 56.9 Å². The summed E-state index contributed by atoms with van der Waals surface area (Å²) in [6.45, 7) is 2.66. The average molecular weight is 549 g/mol. The summed E-state index contributed by atoms with van der Waals surface area (Å²) in [4.78, 5) is 14.2. The molecule has 1 saturated heterocycles. The molecule has 1 amide bonds. The third-order valence-electron chi connectivity index (χ3n) is 4.97. The van der Waals surface area contributed by atoms with E-state index in [1.807, 2.05) is 29.5 Å². The lowest BCUT2D eigenvalue weighted by molar-refractivity contribution is -0.0803. The SMILES string of the molecule is COCC(C)NCC1(O)CN(C(=O)c2ccc(F)c(F)c2Nc2ccc(I)cc2F)C1. The lowest BCUT2D eigenvalue weighted by Crippen LogP contribution is -2.67. The minimum Gasteiger partial charge on any atom is -0.385 e. The molecule has 1 fully saturated rings. The van der Waals surface area contributed by atoms with Gasteiger partial charge in [-0.2, -0.15) is 0 Å². The largest absolute Gasteiger partial charge is 0.385 e. The summed E-state index contributed by atoms with van der Waals surface area (Å²) in [5, 5.41) is 16.2. The zero-order chi connectivity index (χ0) is 22.8. The molecular weight excluding hydrogens is 526 g/mol. The quantitative estimate of drug-likeness (QED) is 0.442. The molecule has 0 radical (unpaired) electrons. The average Bonchev–Trinajstić information content (AvgIpc) is 2.69. The van der Waals surface area contributed by atoms with E-state index in [2.05, 4.69) is 10.6 Å². The van der Waals surface area contributed by atoms with E-state index < -0.39 is 34.6 Å². The van der Waals surface area contributed by atoms with Gasteiger partial charge in [0, 0.05) is 23.3 Å². The maximum Gasteiger partial charge on any atom is 0.256 e. The molecule has 1 aliphatic heterocycles. The molecule has 3 N–H and O–H groups in total. The third kappa shape index (κ3) is 5.48. The van der Waals surface area contributed by atoms with Crippen LogP contribution in [0.2, 0.25) is 0 Å². The fourth-order valence-electron chi connectivity index (χ4n) is 3.34. The molecule has 10 heteroatoms. The maximum absolute atomic E-state index is 14.5. The molecule has 1 unspecified atom stereocenters. The predicted molar refractivity (Wildman–Crippen MR) is 119 cm³/mol. The van der Waals surface area contributed by atoms with E-state index in [9.17, 15) is 23.1 Å². The predicted octanol–water partition coefficient (Wildman–Crippen LogP) is 3.26. The van der Waals surface area contributed by atoms with E-state index in [0.717, 1.165) is 12.1 Å². The number of rotatable bonds is 8. The van der Waals surface area contributed by atoms with Gasteiger partial charge in [-0.1, -0.05) is 0 Å². The highest BCUT2D eigenvalue weighted by atomic mass is 127. The van der Waals surface area contributed by atoms with Crippen LogP contribution in [0.25, 0.3) is 0 Å². The van der Waals surface area contributed by atoms with Crippen LogP contribution in [0.5, 0.6) is 0 Å². The summed E-state index contributed by atoms with van der Waals surface area (Å²) in [7, 11) is 1.58. The van der Waals surface area contributed by atoms with E-state index >= 15 is 0 Å². The first-order valence-corrected chi connectivity index (χ1v) is 10.7. The monoisotopic (exact) mass is 549 g/mol. The Kier molecular flexibility index (Phi) is 7.45. The number of methoxy groups -OCH3 is 1. The van der Waals surface area contributed by atoms with Crippen LogP contribution in [0.3, 0.4) is 0 Å². The molecule has 0 saturated carbocycles. The van der Waals surface area contributed by atoms with Crippen LogP contribution < -0.4 is 10.6 Å². The molecule has 0 bridgehead atoms. The Morgan fingerprint density at radius 2 is 1.97 bits per heavy atom. The lowest BCUT2D eigenvalue weighted by Gasteiger charge is -2.47. The number of nitrogens with one attached hydrogen (secondary N) is 2. The van der Waals surface area contributed by atoms with Crippen LogP contribution in [0.4, 0.5) is 24.5 Å². The Labute approximate surface area is 191 Å². The van der Waals surface area contributed by atoms with Gasteiger partial charge in [0.05, 0.1) is 36.6 Å². The van der Waals surface area contributed by atoms with Crippen molar-refractivity contribution in [2.24, 2.45) is 0 Å². The van der Waals surface area contributed by atoms with Crippen molar-refractivity contribution < 1.29 is 27.8 Å². The summed E-state index contributed by atoms with van der Waals surface area (Å²) >= 11 is 1.92. The van der Waals surface area contributed by atoms with Gasteiger partial charge in [0.25, 0.3) is 5.91 Å². The molecule has 0 aromatic heterocycles. The number of hydrogen-bond acceptors (Lipinski definition) is 5. The van der Waals surface area contributed by atoms with Gasteiger partial charge in [-0.25, -0.2) is 13.2 Å². The smallest absolute Gasteiger partial charge is 0.256 e. The van der Waals surface area contributed by atoms with Crippen molar-refractivity contribution in [1.82, 2.24) is 10.2 Å². The second kappa shape index (κ2) is 9.72. The maximum atomic E-state index is 14.5. The van der Waals surface area contributed by atoms with Crippen LogP contribution in [-0.2, 0) is 4.74 Å². The van der Waals surface area contributed by atoms with Crippen LogP contribution in [0.1, 0.15) is 17.3 Å². The number of amides is 1. The van der Waals surface area contributed by atoms with Crippen molar-refractivity contribution in [1.29, 1.82) is 0 Å². The van der Waals surface area contributed by atoms with E-state index in [4.69, 9.17) is 4.74 Å². The number of nitrogens with zero attached hydrogens (tertiary/aromatic N) is 1. The summed E-state index contributed by atoms with van der Waals surface area (Å²) in [6.07, 6.45) is 0.